The summed E-state index contributed by atoms with van der Waals surface area (Å²) in [5.41, 5.74) is 2.63. The molecule has 0 radical (unpaired) electrons. The van der Waals surface area contributed by atoms with Gasteiger partial charge in [0.25, 0.3) is 0 Å². The van der Waals surface area contributed by atoms with Crippen molar-refractivity contribution in [3.05, 3.63) is 62.5 Å². The van der Waals surface area contributed by atoms with E-state index in [0.29, 0.717) is 6.54 Å². The first-order valence-corrected chi connectivity index (χ1v) is 7.03. The summed E-state index contributed by atoms with van der Waals surface area (Å²) in [4.78, 5) is 11.2. The SMILES string of the molecule is CCc1ccccc1CNCc1ccc([N+](=O)[O-])s1. The Hall–Kier alpha value is -1.72. The Morgan fingerprint density at radius 1 is 1.16 bits per heavy atom. The lowest BCUT2D eigenvalue weighted by Gasteiger charge is -2.08. The third-order valence-corrected chi connectivity index (χ3v) is 3.98. The van der Waals surface area contributed by atoms with Crippen molar-refractivity contribution in [2.24, 2.45) is 0 Å². The highest BCUT2D eigenvalue weighted by atomic mass is 32.1. The van der Waals surface area contributed by atoms with Crippen molar-refractivity contribution in [2.75, 3.05) is 0 Å². The topological polar surface area (TPSA) is 55.2 Å². The predicted molar refractivity (Wildman–Crippen MR) is 77.3 cm³/mol. The Morgan fingerprint density at radius 2 is 1.89 bits per heavy atom. The van der Waals surface area contributed by atoms with Crippen LogP contribution in [0.3, 0.4) is 0 Å². The molecule has 1 aromatic heterocycles. The molecule has 2 rings (SSSR count). The standard InChI is InChI=1S/C14H16N2O2S/c1-2-11-5-3-4-6-12(11)9-15-10-13-7-8-14(19-13)16(17)18/h3-8,15H,2,9-10H2,1H3. The Balaban J connectivity index is 1.90. The van der Waals surface area contributed by atoms with Crippen molar-refractivity contribution in [1.82, 2.24) is 5.32 Å². The van der Waals surface area contributed by atoms with Crippen LogP contribution in [0, 0.1) is 10.1 Å². The number of thiophene rings is 1. The van der Waals surface area contributed by atoms with Crippen molar-refractivity contribution >= 4 is 16.3 Å². The molecule has 0 aliphatic carbocycles. The summed E-state index contributed by atoms with van der Waals surface area (Å²) in [6.07, 6.45) is 1.02. The minimum Gasteiger partial charge on any atom is -0.308 e. The van der Waals surface area contributed by atoms with E-state index in [-0.39, 0.29) is 9.92 Å². The Kier molecular flexibility index (Phi) is 4.65. The molecule has 0 atom stereocenters. The van der Waals surface area contributed by atoms with Crippen molar-refractivity contribution in [1.29, 1.82) is 0 Å². The van der Waals surface area contributed by atoms with Crippen LogP contribution in [-0.2, 0) is 19.5 Å². The van der Waals surface area contributed by atoms with E-state index in [1.54, 1.807) is 6.07 Å². The number of nitro groups is 1. The van der Waals surface area contributed by atoms with Crippen molar-refractivity contribution < 1.29 is 4.92 Å². The average Bonchev–Trinajstić information content (AvgIpc) is 2.88. The smallest absolute Gasteiger partial charge is 0.308 e. The molecule has 0 fully saturated rings. The Bertz CT molecular complexity index is 566. The summed E-state index contributed by atoms with van der Waals surface area (Å²) in [6.45, 7) is 3.59. The fourth-order valence-electron chi connectivity index (χ4n) is 1.95. The van der Waals surface area contributed by atoms with Gasteiger partial charge in [-0.15, -0.1) is 0 Å². The van der Waals surface area contributed by atoms with E-state index in [4.69, 9.17) is 0 Å². The molecule has 19 heavy (non-hydrogen) atoms. The lowest BCUT2D eigenvalue weighted by atomic mass is 10.1. The first-order valence-electron chi connectivity index (χ1n) is 6.21. The number of aryl methyl sites for hydroxylation is 1. The number of nitrogens with one attached hydrogen (secondary N) is 1. The number of nitrogens with zero attached hydrogens (tertiary/aromatic N) is 1. The number of benzene rings is 1. The number of hydrogen-bond acceptors (Lipinski definition) is 4. The maximum absolute atomic E-state index is 10.6. The van der Waals surface area contributed by atoms with Gasteiger partial charge in [0.2, 0.25) is 0 Å². The maximum Gasteiger partial charge on any atom is 0.324 e. The number of hydrogen-bond donors (Lipinski definition) is 1. The van der Waals surface area contributed by atoms with Gasteiger partial charge in [0.15, 0.2) is 0 Å². The third kappa shape index (κ3) is 3.62. The molecule has 0 saturated heterocycles. The first-order chi connectivity index (χ1) is 9.20. The second-order valence-electron chi connectivity index (χ2n) is 4.22. The largest absolute Gasteiger partial charge is 0.324 e. The quantitative estimate of drug-likeness (QED) is 0.649. The van der Waals surface area contributed by atoms with Gasteiger partial charge < -0.3 is 5.32 Å². The van der Waals surface area contributed by atoms with Crippen LogP contribution in [0.1, 0.15) is 22.9 Å². The lowest BCUT2D eigenvalue weighted by molar-refractivity contribution is -0.380. The van der Waals surface area contributed by atoms with Gasteiger partial charge in [-0.25, -0.2) is 0 Å². The fourth-order valence-corrected chi connectivity index (χ4v) is 2.74. The molecule has 5 heteroatoms. The summed E-state index contributed by atoms with van der Waals surface area (Å²) >= 11 is 1.22. The van der Waals surface area contributed by atoms with Crippen LogP contribution in [-0.4, -0.2) is 4.92 Å². The molecule has 1 heterocycles. The summed E-state index contributed by atoms with van der Waals surface area (Å²) in [6, 6.07) is 11.7. The van der Waals surface area contributed by atoms with E-state index in [0.717, 1.165) is 17.8 Å². The van der Waals surface area contributed by atoms with Crippen molar-refractivity contribution in [3.8, 4) is 0 Å². The van der Waals surface area contributed by atoms with Gasteiger partial charge in [-0.2, -0.15) is 0 Å². The zero-order valence-electron chi connectivity index (χ0n) is 10.8. The van der Waals surface area contributed by atoms with Gasteiger partial charge in [0, 0.05) is 24.0 Å². The highest BCUT2D eigenvalue weighted by Crippen LogP contribution is 2.23. The zero-order chi connectivity index (χ0) is 13.7. The molecular weight excluding hydrogens is 260 g/mol. The zero-order valence-corrected chi connectivity index (χ0v) is 11.6. The predicted octanol–water partition coefficient (Wildman–Crippen LogP) is 3.51. The Morgan fingerprint density at radius 3 is 2.53 bits per heavy atom. The van der Waals surface area contributed by atoms with Gasteiger partial charge in [-0.05, 0) is 23.6 Å². The second-order valence-corrected chi connectivity index (χ2v) is 5.37. The van der Waals surface area contributed by atoms with Crippen LogP contribution in [0.15, 0.2) is 36.4 Å². The summed E-state index contributed by atoms with van der Waals surface area (Å²) in [5, 5.41) is 14.1. The molecule has 0 aliphatic heterocycles. The van der Waals surface area contributed by atoms with Crippen LogP contribution >= 0.6 is 11.3 Å². The van der Waals surface area contributed by atoms with Gasteiger partial charge in [-0.1, -0.05) is 42.5 Å². The van der Waals surface area contributed by atoms with Crippen LogP contribution in [0.25, 0.3) is 0 Å². The molecular formula is C14H16N2O2S. The van der Waals surface area contributed by atoms with Crippen LogP contribution < -0.4 is 5.32 Å². The molecule has 2 aromatic rings. The molecule has 1 N–H and O–H groups in total. The molecule has 1 aromatic carbocycles. The van der Waals surface area contributed by atoms with Crippen LogP contribution in [0.5, 0.6) is 0 Å². The van der Waals surface area contributed by atoms with Crippen molar-refractivity contribution in [3.63, 3.8) is 0 Å². The normalized spacial score (nSPS) is 10.6. The second kappa shape index (κ2) is 6.45. The lowest BCUT2D eigenvalue weighted by Crippen LogP contribution is -2.13. The minimum atomic E-state index is -0.347. The van der Waals surface area contributed by atoms with Gasteiger partial charge in [0.05, 0.1) is 4.92 Å². The Labute approximate surface area is 116 Å². The van der Waals surface area contributed by atoms with E-state index in [1.807, 2.05) is 18.2 Å². The van der Waals surface area contributed by atoms with Crippen LogP contribution in [0.2, 0.25) is 0 Å². The van der Waals surface area contributed by atoms with Crippen molar-refractivity contribution in [2.45, 2.75) is 26.4 Å². The molecule has 0 amide bonds. The summed E-state index contributed by atoms with van der Waals surface area (Å²) < 4.78 is 0. The van der Waals surface area contributed by atoms with Crippen LogP contribution in [0.4, 0.5) is 5.00 Å². The fraction of sp³-hybridized carbons (Fsp3) is 0.286. The highest BCUT2D eigenvalue weighted by molar-refractivity contribution is 7.15. The van der Waals surface area contributed by atoms with E-state index < -0.39 is 0 Å². The highest BCUT2D eigenvalue weighted by Gasteiger charge is 2.09. The molecule has 0 saturated carbocycles. The minimum absolute atomic E-state index is 0.200. The van der Waals surface area contributed by atoms with Gasteiger partial charge in [-0.3, -0.25) is 10.1 Å². The van der Waals surface area contributed by atoms with E-state index in [2.05, 4.69) is 24.4 Å². The molecule has 100 valence electrons. The van der Waals surface area contributed by atoms with Gasteiger partial charge in [0.1, 0.15) is 0 Å². The van der Waals surface area contributed by atoms with E-state index >= 15 is 0 Å². The average molecular weight is 276 g/mol. The molecule has 4 nitrogen and oxygen atoms in total. The first kappa shape index (κ1) is 13.7. The molecule has 0 bridgehead atoms. The van der Waals surface area contributed by atoms with E-state index in [1.165, 1.54) is 22.5 Å². The summed E-state index contributed by atoms with van der Waals surface area (Å²) in [7, 11) is 0. The molecule has 0 spiro atoms. The third-order valence-electron chi connectivity index (χ3n) is 2.94. The van der Waals surface area contributed by atoms with Gasteiger partial charge >= 0.3 is 5.00 Å². The van der Waals surface area contributed by atoms with E-state index in [9.17, 15) is 10.1 Å². The number of rotatable bonds is 6. The maximum atomic E-state index is 10.6. The monoisotopic (exact) mass is 276 g/mol. The summed E-state index contributed by atoms with van der Waals surface area (Å²) in [5.74, 6) is 0. The molecule has 0 aliphatic rings. The molecule has 0 unspecified atom stereocenters.